The van der Waals surface area contributed by atoms with E-state index in [1.807, 2.05) is 0 Å². The minimum absolute atomic E-state index is 0.306. The Morgan fingerprint density at radius 2 is 1.95 bits per heavy atom. The SMILES string of the molecule is O=C(O)[C@@H]1[C@@H](c2ccc(OC(F)(F)F)c(Cl)c2)C1(Cl)Cl. The molecule has 20 heavy (non-hydrogen) atoms. The van der Waals surface area contributed by atoms with E-state index in [0.717, 1.165) is 12.1 Å². The Morgan fingerprint density at radius 3 is 2.35 bits per heavy atom. The molecule has 0 heterocycles. The second-order valence-corrected chi connectivity index (χ2v) is 6.06. The number of aliphatic carboxylic acids is 1. The smallest absolute Gasteiger partial charge is 0.481 e. The Hall–Kier alpha value is -0.850. The Morgan fingerprint density at radius 1 is 1.35 bits per heavy atom. The summed E-state index contributed by atoms with van der Waals surface area (Å²) in [6, 6.07) is 3.40. The Kier molecular flexibility index (Phi) is 3.77. The number of hydrogen-bond donors (Lipinski definition) is 1. The van der Waals surface area contributed by atoms with Gasteiger partial charge in [-0.25, -0.2) is 0 Å². The van der Waals surface area contributed by atoms with Crippen LogP contribution in [0.4, 0.5) is 13.2 Å². The molecule has 2 rings (SSSR count). The quantitative estimate of drug-likeness (QED) is 0.832. The van der Waals surface area contributed by atoms with E-state index in [-0.39, 0.29) is 5.02 Å². The van der Waals surface area contributed by atoms with Gasteiger partial charge in [-0.15, -0.1) is 13.2 Å². The zero-order chi connectivity index (χ0) is 15.3. The lowest BCUT2D eigenvalue weighted by molar-refractivity contribution is -0.274. The summed E-state index contributed by atoms with van der Waals surface area (Å²) < 4.78 is 38.5. The van der Waals surface area contributed by atoms with Crippen LogP contribution in [-0.4, -0.2) is 21.8 Å². The third-order valence-electron chi connectivity index (χ3n) is 2.86. The minimum atomic E-state index is -4.86. The van der Waals surface area contributed by atoms with Crippen molar-refractivity contribution in [2.75, 3.05) is 0 Å². The first-order valence-electron chi connectivity index (χ1n) is 5.20. The Balaban J connectivity index is 2.25. The van der Waals surface area contributed by atoms with Gasteiger partial charge >= 0.3 is 12.3 Å². The molecule has 0 unspecified atom stereocenters. The summed E-state index contributed by atoms with van der Waals surface area (Å²) in [4.78, 5) is 10.9. The van der Waals surface area contributed by atoms with Crippen molar-refractivity contribution in [1.82, 2.24) is 0 Å². The number of alkyl halides is 5. The van der Waals surface area contributed by atoms with Crippen LogP contribution in [0.3, 0.4) is 0 Å². The predicted molar refractivity (Wildman–Crippen MR) is 66.4 cm³/mol. The van der Waals surface area contributed by atoms with Crippen LogP contribution in [0.1, 0.15) is 11.5 Å². The van der Waals surface area contributed by atoms with Gasteiger partial charge in [0.15, 0.2) is 0 Å². The summed E-state index contributed by atoms with van der Waals surface area (Å²) in [6.45, 7) is 0. The minimum Gasteiger partial charge on any atom is -0.481 e. The highest BCUT2D eigenvalue weighted by Crippen LogP contribution is 2.65. The number of ether oxygens (including phenoxy) is 1. The number of carbonyl (C=O) groups is 1. The summed E-state index contributed by atoms with van der Waals surface area (Å²) in [7, 11) is 0. The molecule has 1 N–H and O–H groups in total. The highest BCUT2D eigenvalue weighted by Gasteiger charge is 2.68. The lowest BCUT2D eigenvalue weighted by Gasteiger charge is -2.11. The summed E-state index contributed by atoms with van der Waals surface area (Å²) in [5.41, 5.74) is 0.335. The van der Waals surface area contributed by atoms with Crippen molar-refractivity contribution in [1.29, 1.82) is 0 Å². The van der Waals surface area contributed by atoms with Gasteiger partial charge in [-0.3, -0.25) is 4.79 Å². The number of carboxylic acid groups (broad SMARTS) is 1. The standard InChI is InChI=1S/C11H6Cl3F3O3/c12-5-3-4(1-2-6(5)20-11(15,16)17)7-8(9(18)19)10(7,13)14/h1-3,7-8H,(H,18,19)/t7-,8+/m1/s1. The molecule has 0 bridgehead atoms. The maximum Gasteiger partial charge on any atom is 0.573 e. The van der Waals surface area contributed by atoms with Gasteiger partial charge in [0.05, 0.1) is 10.9 Å². The fraction of sp³-hybridized carbons (Fsp3) is 0.364. The van der Waals surface area contributed by atoms with E-state index in [1.54, 1.807) is 0 Å². The van der Waals surface area contributed by atoms with Crippen LogP contribution < -0.4 is 4.74 Å². The van der Waals surface area contributed by atoms with Crippen LogP contribution in [0.5, 0.6) is 5.75 Å². The first-order valence-corrected chi connectivity index (χ1v) is 6.33. The molecule has 1 fully saturated rings. The third-order valence-corrected chi connectivity index (χ3v) is 4.10. The summed E-state index contributed by atoms with van der Waals surface area (Å²) in [5, 5.41) is 8.62. The van der Waals surface area contributed by atoms with Crippen molar-refractivity contribution in [3.63, 3.8) is 0 Å². The molecular weight excluding hydrogens is 343 g/mol. The van der Waals surface area contributed by atoms with Gasteiger partial charge < -0.3 is 9.84 Å². The number of halogens is 6. The average Bonchev–Trinajstić information content (AvgIpc) is 2.83. The van der Waals surface area contributed by atoms with Crippen molar-refractivity contribution in [2.24, 2.45) is 5.92 Å². The second kappa shape index (κ2) is 4.86. The van der Waals surface area contributed by atoms with Crippen LogP contribution in [0.15, 0.2) is 18.2 Å². The Bertz CT molecular complexity index is 560. The van der Waals surface area contributed by atoms with Crippen molar-refractivity contribution in [3.8, 4) is 5.75 Å². The fourth-order valence-corrected chi connectivity index (χ4v) is 3.01. The van der Waals surface area contributed by atoms with E-state index in [0.29, 0.717) is 5.56 Å². The molecule has 0 saturated heterocycles. The van der Waals surface area contributed by atoms with Gasteiger partial charge in [-0.1, -0.05) is 40.9 Å². The van der Waals surface area contributed by atoms with Gasteiger partial charge in [-0.05, 0) is 17.7 Å². The third kappa shape index (κ3) is 2.92. The van der Waals surface area contributed by atoms with E-state index in [1.165, 1.54) is 6.07 Å². The monoisotopic (exact) mass is 348 g/mol. The molecule has 110 valence electrons. The first-order chi connectivity index (χ1) is 9.04. The molecule has 0 amide bonds. The lowest BCUT2D eigenvalue weighted by Crippen LogP contribution is -2.17. The van der Waals surface area contributed by atoms with Crippen molar-refractivity contribution in [2.45, 2.75) is 16.6 Å². The normalized spacial score (nSPS) is 24.3. The summed E-state index contributed by atoms with van der Waals surface area (Å²) in [5.74, 6) is -3.53. The molecule has 1 aliphatic carbocycles. The molecule has 1 aliphatic rings. The zero-order valence-electron chi connectivity index (χ0n) is 9.42. The lowest BCUT2D eigenvalue weighted by atomic mass is 10.1. The van der Waals surface area contributed by atoms with Gasteiger partial charge in [-0.2, -0.15) is 0 Å². The zero-order valence-corrected chi connectivity index (χ0v) is 11.7. The number of rotatable bonds is 3. The molecule has 0 spiro atoms. The molecular formula is C11H6Cl3F3O3. The van der Waals surface area contributed by atoms with Crippen LogP contribution in [0, 0.1) is 5.92 Å². The van der Waals surface area contributed by atoms with Crippen LogP contribution in [-0.2, 0) is 4.79 Å². The molecule has 2 atom stereocenters. The van der Waals surface area contributed by atoms with E-state index in [9.17, 15) is 18.0 Å². The van der Waals surface area contributed by atoms with Crippen LogP contribution in [0.2, 0.25) is 5.02 Å². The highest BCUT2D eigenvalue weighted by atomic mass is 35.5. The first kappa shape index (κ1) is 15.5. The van der Waals surface area contributed by atoms with Gasteiger partial charge in [0.2, 0.25) is 0 Å². The van der Waals surface area contributed by atoms with Gasteiger partial charge in [0.1, 0.15) is 10.1 Å². The van der Waals surface area contributed by atoms with Crippen LogP contribution >= 0.6 is 34.8 Å². The highest BCUT2D eigenvalue weighted by molar-refractivity contribution is 6.53. The van der Waals surface area contributed by atoms with E-state index in [4.69, 9.17) is 39.9 Å². The maximum atomic E-state index is 12.1. The number of carboxylic acids is 1. The van der Waals surface area contributed by atoms with Crippen molar-refractivity contribution < 1.29 is 27.8 Å². The fourth-order valence-electron chi connectivity index (χ4n) is 1.97. The molecule has 0 aromatic heterocycles. The van der Waals surface area contributed by atoms with E-state index < -0.39 is 34.3 Å². The molecule has 0 radical (unpaired) electrons. The number of benzene rings is 1. The maximum absolute atomic E-state index is 12.1. The topological polar surface area (TPSA) is 46.5 Å². The van der Waals surface area contributed by atoms with E-state index in [2.05, 4.69) is 4.74 Å². The molecule has 0 aliphatic heterocycles. The largest absolute Gasteiger partial charge is 0.573 e. The molecule has 9 heteroatoms. The Labute approximate surface area is 126 Å². The van der Waals surface area contributed by atoms with Crippen LogP contribution in [0.25, 0.3) is 0 Å². The average molecular weight is 350 g/mol. The molecule has 1 saturated carbocycles. The van der Waals surface area contributed by atoms with Gasteiger partial charge in [0.25, 0.3) is 0 Å². The molecule has 1 aromatic carbocycles. The summed E-state index contributed by atoms with van der Waals surface area (Å²) in [6.07, 6.45) is -4.86. The number of hydrogen-bond acceptors (Lipinski definition) is 2. The van der Waals surface area contributed by atoms with Crippen molar-refractivity contribution in [3.05, 3.63) is 28.8 Å². The summed E-state index contributed by atoms with van der Waals surface area (Å²) >= 11 is 17.3. The second-order valence-electron chi connectivity index (χ2n) is 4.21. The molecule has 3 nitrogen and oxygen atoms in total. The predicted octanol–water partition coefficient (Wildman–Crippen LogP) is 4.21. The van der Waals surface area contributed by atoms with E-state index >= 15 is 0 Å². The molecule has 1 aromatic rings. The van der Waals surface area contributed by atoms with Crippen molar-refractivity contribution >= 4 is 40.8 Å². The van der Waals surface area contributed by atoms with Gasteiger partial charge in [0, 0.05) is 5.92 Å².